The van der Waals surface area contributed by atoms with Gasteiger partial charge in [-0.25, -0.2) is 4.79 Å². The van der Waals surface area contributed by atoms with Gasteiger partial charge in [0.15, 0.2) is 6.61 Å². The Morgan fingerprint density at radius 2 is 2.05 bits per heavy atom. The molecule has 0 heterocycles. The number of carbonyl (C=O) groups excluding carboxylic acids is 1. The van der Waals surface area contributed by atoms with Crippen LogP contribution in [0.5, 0.6) is 5.75 Å². The third-order valence-electron chi connectivity index (χ3n) is 3.20. The monoisotopic (exact) mass is 279 g/mol. The standard InChI is InChI=1S/C15H21NO4/c1-4-11-7-6-8-12(9-11)20-10-14(17)16(3)13(5-2)15(18)19/h6-9,13H,4-5,10H2,1-3H3,(H,18,19). The first kappa shape index (κ1) is 16.0. The van der Waals surface area contributed by atoms with E-state index in [4.69, 9.17) is 9.84 Å². The lowest BCUT2D eigenvalue weighted by atomic mass is 10.2. The Balaban J connectivity index is 2.60. The molecule has 1 rings (SSSR count). The van der Waals surface area contributed by atoms with Gasteiger partial charge in [0.25, 0.3) is 5.91 Å². The lowest BCUT2D eigenvalue weighted by Crippen LogP contribution is -2.44. The van der Waals surface area contributed by atoms with E-state index in [1.807, 2.05) is 25.1 Å². The highest BCUT2D eigenvalue weighted by Crippen LogP contribution is 2.14. The zero-order valence-electron chi connectivity index (χ0n) is 12.1. The van der Waals surface area contributed by atoms with Crippen molar-refractivity contribution in [2.24, 2.45) is 0 Å². The summed E-state index contributed by atoms with van der Waals surface area (Å²) in [6.07, 6.45) is 1.25. The molecular weight excluding hydrogens is 258 g/mol. The predicted molar refractivity (Wildman–Crippen MR) is 75.8 cm³/mol. The van der Waals surface area contributed by atoms with Crippen molar-refractivity contribution in [2.45, 2.75) is 32.7 Å². The fourth-order valence-corrected chi connectivity index (χ4v) is 1.89. The summed E-state index contributed by atoms with van der Waals surface area (Å²) < 4.78 is 5.42. The normalized spacial score (nSPS) is 11.8. The number of nitrogens with zero attached hydrogens (tertiary/aromatic N) is 1. The second-order valence-corrected chi connectivity index (χ2v) is 4.56. The van der Waals surface area contributed by atoms with Gasteiger partial charge in [-0.2, -0.15) is 0 Å². The zero-order valence-corrected chi connectivity index (χ0v) is 12.1. The van der Waals surface area contributed by atoms with E-state index >= 15 is 0 Å². The largest absolute Gasteiger partial charge is 0.484 e. The minimum atomic E-state index is -1.00. The number of aliphatic carboxylic acids is 1. The number of amides is 1. The summed E-state index contributed by atoms with van der Waals surface area (Å²) in [6.45, 7) is 3.61. The van der Waals surface area contributed by atoms with Crippen molar-refractivity contribution < 1.29 is 19.4 Å². The van der Waals surface area contributed by atoms with Crippen LogP contribution in [-0.2, 0) is 16.0 Å². The Labute approximate surface area is 119 Å². The van der Waals surface area contributed by atoms with Crippen LogP contribution in [0, 0.1) is 0 Å². The number of hydrogen-bond donors (Lipinski definition) is 1. The number of carboxylic acids is 1. The average molecular weight is 279 g/mol. The molecule has 0 aliphatic heterocycles. The van der Waals surface area contributed by atoms with Gasteiger partial charge in [-0.05, 0) is 30.5 Å². The maximum Gasteiger partial charge on any atom is 0.326 e. The van der Waals surface area contributed by atoms with E-state index in [0.29, 0.717) is 12.2 Å². The molecule has 0 bridgehead atoms. The van der Waals surface area contributed by atoms with Gasteiger partial charge in [0.1, 0.15) is 11.8 Å². The molecule has 1 amide bonds. The molecule has 0 aliphatic rings. The molecule has 0 saturated heterocycles. The molecule has 1 aromatic carbocycles. The van der Waals surface area contributed by atoms with Gasteiger partial charge in [-0.15, -0.1) is 0 Å². The molecule has 0 aliphatic carbocycles. The van der Waals surface area contributed by atoms with Crippen molar-refractivity contribution in [1.29, 1.82) is 0 Å². The lowest BCUT2D eigenvalue weighted by molar-refractivity contribution is -0.149. The van der Waals surface area contributed by atoms with E-state index < -0.39 is 12.0 Å². The maximum absolute atomic E-state index is 11.9. The first-order valence-electron chi connectivity index (χ1n) is 6.69. The molecule has 0 spiro atoms. The van der Waals surface area contributed by atoms with Crippen LogP contribution in [0.2, 0.25) is 0 Å². The quantitative estimate of drug-likeness (QED) is 0.828. The first-order chi connectivity index (χ1) is 9.49. The molecule has 1 aromatic rings. The highest BCUT2D eigenvalue weighted by atomic mass is 16.5. The molecule has 1 unspecified atom stereocenters. The van der Waals surface area contributed by atoms with Crippen LogP contribution in [0.25, 0.3) is 0 Å². The average Bonchev–Trinajstić information content (AvgIpc) is 2.45. The van der Waals surface area contributed by atoms with E-state index in [1.165, 1.54) is 11.9 Å². The number of carbonyl (C=O) groups is 2. The van der Waals surface area contributed by atoms with E-state index in [-0.39, 0.29) is 12.5 Å². The zero-order chi connectivity index (χ0) is 15.1. The molecular formula is C15H21NO4. The second kappa shape index (κ2) is 7.53. The van der Waals surface area contributed by atoms with E-state index in [0.717, 1.165) is 12.0 Å². The van der Waals surface area contributed by atoms with Gasteiger partial charge in [0.05, 0.1) is 0 Å². The Morgan fingerprint density at radius 3 is 2.60 bits per heavy atom. The number of rotatable bonds is 7. The highest BCUT2D eigenvalue weighted by Gasteiger charge is 2.24. The van der Waals surface area contributed by atoms with Crippen LogP contribution in [0.1, 0.15) is 25.8 Å². The number of carboxylic acid groups (broad SMARTS) is 1. The van der Waals surface area contributed by atoms with Gasteiger partial charge in [-0.3, -0.25) is 4.79 Å². The van der Waals surface area contributed by atoms with Gasteiger partial charge < -0.3 is 14.7 Å². The molecule has 0 radical (unpaired) electrons. The van der Waals surface area contributed by atoms with Crippen LogP contribution in [0.4, 0.5) is 0 Å². The van der Waals surface area contributed by atoms with Crippen LogP contribution in [-0.4, -0.2) is 41.6 Å². The van der Waals surface area contributed by atoms with Crippen molar-refractivity contribution in [3.8, 4) is 5.75 Å². The van der Waals surface area contributed by atoms with Crippen LogP contribution < -0.4 is 4.74 Å². The Hall–Kier alpha value is -2.04. The SMILES string of the molecule is CCc1cccc(OCC(=O)N(C)C(CC)C(=O)O)c1. The fraction of sp³-hybridized carbons (Fsp3) is 0.467. The van der Waals surface area contributed by atoms with E-state index in [1.54, 1.807) is 13.0 Å². The van der Waals surface area contributed by atoms with Gasteiger partial charge in [0.2, 0.25) is 0 Å². The van der Waals surface area contributed by atoms with Crippen molar-refractivity contribution in [1.82, 2.24) is 4.90 Å². The molecule has 1 atom stereocenters. The molecule has 0 aromatic heterocycles. The molecule has 110 valence electrons. The third-order valence-corrected chi connectivity index (χ3v) is 3.20. The molecule has 20 heavy (non-hydrogen) atoms. The molecule has 0 fully saturated rings. The molecule has 1 N–H and O–H groups in total. The van der Waals surface area contributed by atoms with Crippen LogP contribution in [0.15, 0.2) is 24.3 Å². The molecule has 0 saturated carbocycles. The van der Waals surface area contributed by atoms with Gasteiger partial charge in [-0.1, -0.05) is 26.0 Å². The summed E-state index contributed by atoms with van der Waals surface area (Å²) in [5.41, 5.74) is 1.13. The summed E-state index contributed by atoms with van der Waals surface area (Å²) in [5, 5.41) is 9.01. The van der Waals surface area contributed by atoms with Crippen molar-refractivity contribution in [3.05, 3.63) is 29.8 Å². The first-order valence-corrected chi connectivity index (χ1v) is 6.69. The fourth-order valence-electron chi connectivity index (χ4n) is 1.89. The van der Waals surface area contributed by atoms with Gasteiger partial charge >= 0.3 is 5.97 Å². The topological polar surface area (TPSA) is 66.8 Å². The molecule has 5 heteroatoms. The number of likely N-dealkylation sites (N-methyl/N-ethyl adjacent to an activating group) is 1. The van der Waals surface area contributed by atoms with Gasteiger partial charge in [0, 0.05) is 7.05 Å². The maximum atomic E-state index is 11.9. The van der Waals surface area contributed by atoms with Crippen LogP contribution in [0.3, 0.4) is 0 Å². The lowest BCUT2D eigenvalue weighted by Gasteiger charge is -2.23. The molecule has 5 nitrogen and oxygen atoms in total. The van der Waals surface area contributed by atoms with Crippen molar-refractivity contribution >= 4 is 11.9 Å². The summed E-state index contributed by atoms with van der Waals surface area (Å²) >= 11 is 0. The van der Waals surface area contributed by atoms with E-state index in [9.17, 15) is 9.59 Å². The summed E-state index contributed by atoms with van der Waals surface area (Å²) in [6, 6.07) is 6.70. The second-order valence-electron chi connectivity index (χ2n) is 4.56. The van der Waals surface area contributed by atoms with E-state index in [2.05, 4.69) is 0 Å². The Kier molecular flexibility index (Phi) is 6.03. The summed E-state index contributed by atoms with van der Waals surface area (Å²) in [5.74, 6) is -0.730. The number of aryl methyl sites for hydroxylation is 1. The van der Waals surface area contributed by atoms with Crippen molar-refractivity contribution in [3.63, 3.8) is 0 Å². The van der Waals surface area contributed by atoms with Crippen LogP contribution >= 0.6 is 0 Å². The minimum absolute atomic E-state index is 0.159. The Bertz CT molecular complexity index is 473. The predicted octanol–water partition coefficient (Wildman–Crippen LogP) is 1.95. The van der Waals surface area contributed by atoms with Crippen molar-refractivity contribution in [2.75, 3.05) is 13.7 Å². The number of hydrogen-bond acceptors (Lipinski definition) is 3. The Morgan fingerprint density at radius 1 is 1.35 bits per heavy atom. The summed E-state index contributed by atoms with van der Waals surface area (Å²) in [4.78, 5) is 24.1. The smallest absolute Gasteiger partial charge is 0.326 e. The minimum Gasteiger partial charge on any atom is -0.484 e. The third kappa shape index (κ3) is 4.26. The number of ether oxygens (including phenoxy) is 1. The highest BCUT2D eigenvalue weighted by molar-refractivity contribution is 5.84. The summed E-state index contributed by atoms with van der Waals surface area (Å²) in [7, 11) is 1.48. The number of benzene rings is 1.